The topological polar surface area (TPSA) is 146 Å². The van der Waals surface area contributed by atoms with E-state index in [9.17, 15) is 9.18 Å². The molecule has 2 heterocycles. The smallest absolute Gasteiger partial charge is 0.294 e. The summed E-state index contributed by atoms with van der Waals surface area (Å²) < 4.78 is 24.6. The second-order valence-electron chi connectivity index (χ2n) is 6.78. The molecule has 33 heavy (non-hydrogen) atoms. The number of hydrazone groups is 1. The Kier molecular flexibility index (Phi) is 6.06. The first-order valence-electron chi connectivity index (χ1n) is 9.85. The number of benzene rings is 2. The first kappa shape index (κ1) is 21.6. The van der Waals surface area contributed by atoms with Crippen LogP contribution in [0.25, 0.3) is 17.1 Å². The van der Waals surface area contributed by atoms with Crippen LogP contribution in [0.5, 0.6) is 5.75 Å². The van der Waals surface area contributed by atoms with Crippen molar-refractivity contribution in [3.05, 3.63) is 65.6 Å². The third kappa shape index (κ3) is 4.54. The average Bonchev–Trinajstić information content (AvgIpc) is 3.44. The van der Waals surface area contributed by atoms with Crippen LogP contribution < -0.4 is 15.9 Å². The number of ether oxygens (including phenoxy) is 1. The Morgan fingerprint density at radius 3 is 2.73 bits per heavy atom. The highest BCUT2D eigenvalue weighted by molar-refractivity contribution is 6.02. The lowest BCUT2D eigenvalue weighted by molar-refractivity contribution is 0.0950. The third-order valence-electron chi connectivity index (χ3n) is 4.59. The van der Waals surface area contributed by atoms with Gasteiger partial charge in [-0.25, -0.2) is 14.4 Å². The number of carbonyl (C=O) groups is 1. The first-order chi connectivity index (χ1) is 16.0. The highest BCUT2D eigenvalue weighted by atomic mass is 19.1. The normalized spacial score (nSPS) is 11.4. The van der Waals surface area contributed by atoms with E-state index in [0.29, 0.717) is 29.2 Å². The number of nitrogens with one attached hydrogen (secondary N) is 1. The SMILES string of the molecule is CCOc1cccc(-c2c(C(=O)N/N=C(/C)c3ccc(F)cc3)nnn2-c2nonc2N)c1. The molecule has 3 N–H and O–H groups in total. The van der Waals surface area contributed by atoms with E-state index in [1.54, 1.807) is 43.3 Å². The number of nitrogens with two attached hydrogens (primary N) is 1. The van der Waals surface area contributed by atoms with Crippen LogP contribution in [0.15, 0.2) is 58.3 Å². The molecule has 4 rings (SSSR count). The van der Waals surface area contributed by atoms with Gasteiger partial charge in [-0.1, -0.05) is 29.5 Å². The van der Waals surface area contributed by atoms with Gasteiger partial charge in [0.15, 0.2) is 5.69 Å². The van der Waals surface area contributed by atoms with Gasteiger partial charge in [-0.05, 0) is 54.0 Å². The van der Waals surface area contributed by atoms with E-state index in [2.05, 4.69) is 35.8 Å². The Labute approximate surface area is 187 Å². The summed E-state index contributed by atoms with van der Waals surface area (Å²) in [5.74, 6) is -0.364. The van der Waals surface area contributed by atoms with Crippen LogP contribution in [0.4, 0.5) is 10.2 Å². The van der Waals surface area contributed by atoms with Gasteiger partial charge in [0.25, 0.3) is 5.91 Å². The van der Waals surface area contributed by atoms with E-state index < -0.39 is 5.91 Å². The number of carbonyl (C=O) groups excluding carboxylic acids is 1. The molecule has 168 valence electrons. The summed E-state index contributed by atoms with van der Waals surface area (Å²) in [6.07, 6.45) is 0. The van der Waals surface area contributed by atoms with Crippen molar-refractivity contribution in [2.75, 3.05) is 12.3 Å². The Hall–Kier alpha value is -4.61. The van der Waals surface area contributed by atoms with E-state index in [0.717, 1.165) is 0 Å². The summed E-state index contributed by atoms with van der Waals surface area (Å²) in [5.41, 5.74) is 10.2. The van der Waals surface area contributed by atoms with Crippen LogP contribution in [-0.2, 0) is 0 Å². The predicted molar refractivity (Wildman–Crippen MR) is 116 cm³/mol. The van der Waals surface area contributed by atoms with E-state index in [1.165, 1.54) is 16.8 Å². The number of hydrogen-bond donors (Lipinski definition) is 2. The van der Waals surface area contributed by atoms with Gasteiger partial charge in [-0.3, -0.25) is 4.79 Å². The molecule has 12 heteroatoms. The second-order valence-corrected chi connectivity index (χ2v) is 6.78. The highest BCUT2D eigenvalue weighted by Crippen LogP contribution is 2.29. The summed E-state index contributed by atoms with van der Waals surface area (Å²) in [5, 5.41) is 19.4. The first-order valence-corrected chi connectivity index (χ1v) is 9.85. The third-order valence-corrected chi connectivity index (χ3v) is 4.59. The Bertz CT molecular complexity index is 1310. The summed E-state index contributed by atoms with van der Waals surface area (Å²) in [4.78, 5) is 13.0. The number of hydrogen-bond acceptors (Lipinski definition) is 9. The maximum atomic E-state index is 13.2. The fourth-order valence-electron chi connectivity index (χ4n) is 3.02. The minimum absolute atomic E-state index is 0.0285. The second kappa shape index (κ2) is 9.26. The zero-order valence-corrected chi connectivity index (χ0v) is 17.7. The molecule has 2 aromatic heterocycles. The molecule has 0 unspecified atom stereocenters. The van der Waals surface area contributed by atoms with Crippen molar-refractivity contribution in [2.24, 2.45) is 5.10 Å². The van der Waals surface area contributed by atoms with E-state index >= 15 is 0 Å². The molecular weight excluding hydrogens is 431 g/mol. The van der Waals surface area contributed by atoms with Gasteiger partial charge in [0.1, 0.15) is 17.3 Å². The lowest BCUT2D eigenvalue weighted by Crippen LogP contribution is -2.21. The van der Waals surface area contributed by atoms with Gasteiger partial charge < -0.3 is 10.5 Å². The maximum absolute atomic E-state index is 13.2. The molecule has 0 aliphatic rings. The summed E-state index contributed by atoms with van der Waals surface area (Å²) in [7, 11) is 0. The average molecular weight is 450 g/mol. The van der Waals surface area contributed by atoms with E-state index in [1.807, 2.05) is 6.92 Å². The monoisotopic (exact) mass is 450 g/mol. The molecule has 0 aliphatic heterocycles. The molecule has 0 saturated carbocycles. The summed E-state index contributed by atoms with van der Waals surface area (Å²) in [6, 6.07) is 12.8. The molecule has 0 bridgehead atoms. The Balaban J connectivity index is 1.72. The molecular formula is C21H19FN8O3. The fourth-order valence-corrected chi connectivity index (χ4v) is 3.02. The molecule has 0 radical (unpaired) electrons. The number of halogens is 1. The molecule has 1 amide bonds. The van der Waals surface area contributed by atoms with Crippen molar-refractivity contribution in [1.29, 1.82) is 0 Å². The largest absolute Gasteiger partial charge is 0.494 e. The number of nitrogens with zero attached hydrogens (tertiary/aromatic N) is 6. The fraction of sp³-hybridized carbons (Fsp3) is 0.143. The lowest BCUT2D eigenvalue weighted by Gasteiger charge is -2.08. The Morgan fingerprint density at radius 1 is 1.24 bits per heavy atom. The van der Waals surface area contributed by atoms with Crippen LogP contribution in [0.2, 0.25) is 0 Å². The van der Waals surface area contributed by atoms with Crippen molar-refractivity contribution in [2.45, 2.75) is 13.8 Å². The van der Waals surface area contributed by atoms with Crippen LogP contribution in [-0.4, -0.2) is 43.5 Å². The number of anilines is 1. The highest BCUT2D eigenvalue weighted by Gasteiger charge is 2.25. The standard InChI is InChI=1S/C21H19FN8O3/c1-3-32-16-6-4-5-14(11-16)18-17(25-29-30(18)20-19(23)27-33-28-20)21(31)26-24-12(2)13-7-9-15(22)10-8-13/h4-11H,3H2,1-2H3,(H2,23,27)(H,26,31)/b24-12-. The minimum Gasteiger partial charge on any atom is -0.494 e. The molecule has 2 aromatic carbocycles. The molecule has 0 fully saturated rings. The molecule has 0 atom stereocenters. The number of amides is 1. The quantitative estimate of drug-likeness (QED) is 0.323. The van der Waals surface area contributed by atoms with Gasteiger partial charge in [0.05, 0.1) is 12.3 Å². The molecule has 11 nitrogen and oxygen atoms in total. The van der Waals surface area contributed by atoms with Crippen molar-refractivity contribution >= 4 is 17.4 Å². The summed E-state index contributed by atoms with van der Waals surface area (Å²) >= 11 is 0. The van der Waals surface area contributed by atoms with Crippen LogP contribution in [0.1, 0.15) is 29.9 Å². The predicted octanol–water partition coefficient (Wildman–Crippen LogP) is 2.59. The van der Waals surface area contributed by atoms with Crippen molar-refractivity contribution in [3.8, 4) is 22.8 Å². The van der Waals surface area contributed by atoms with Gasteiger partial charge in [-0.2, -0.15) is 9.78 Å². The lowest BCUT2D eigenvalue weighted by atomic mass is 10.1. The zero-order chi connectivity index (χ0) is 23.4. The zero-order valence-electron chi connectivity index (χ0n) is 17.7. The Morgan fingerprint density at radius 2 is 2.03 bits per heavy atom. The number of aromatic nitrogens is 5. The van der Waals surface area contributed by atoms with Crippen molar-refractivity contribution in [3.63, 3.8) is 0 Å². The maximum Gasteiger partial charge on any atom is 0.294 e. The molecule has 0 aliphatic carbocycles. The van der Waals surface area contributed by atoms with Gasteiger partial charge in [-0.15, -0.1) is 5.10 Å². The molecule has 0 saturated heterocycles. The number of rotatable bonds is 7. The minimum atomic E-state index is -0.630. The van der Waals surface area contributed by atoms with Crippen LogP contribution in [0, 0.1) is 5.82 Å². The van der Waals surface area contributed by atoms with Crippen LogP contribution in [0.3, 0.4) is 0 Å². The molecule has 0 spiro atoms. The van der Waals surface area contributed by atoms with Crippen molar-refractivity contribution in [1.82, 2.24) is 30.7 Å². The van der Waals surface area contributed by atoms with Gasteiger partial charge in [0.2, 0.25) is 11.6 Å². The van der Waals surface area contributed by atoms with Crippen molar-refractivity contribution < 1.29 is 18.6 Å². The number of nitrogen functional groups attached to an aromatic ring is 1. The van der Waals surface area contributed by atoms with E-state index in [-0.39, 0.29) is 28.8 Å². The van der Waals surface area contributed by atoms with Gasteiger partial charge in [0, 0.05) is 5.56 Å². The van der Waals surface area contributed by atoms with E-state index in [4.69, 9.17) is 10.5 Å². The van der Waals surface area contributed by atoms with Gasteiger partial charge >= 0.3 is 0 Å². The van der Waals surface area contributed by atoms with Crippen LogP contribution >= 0.6 is 0 Å². The molecule has 4 aromatic rings. The summed E-state index contributed by atoms with van der Waals surface area (Å²) in [6.45, 7) is 4.00.